The minimum atomic E-state index is -0.344. The number of carbonyl (C=O) groups is 1. The summed E-state index contributed by atoms with van der Waals surface area (Å²) in [5.41, 5.74) is 0.512. The summed E-state index contributed by atoms with van der Waals surface area (Å²) in [7, 11) is 1.49. The van der Waals surface area contributed by atoms with Crippen molar-refractivity contribution in [2.75, 3.05) is 13.7 Å². The molecular formula is C14H21FN2O2. The molecule has 0 saturated carbocycles. The predicted molar refractivity (Wildman–Crippen MR) is 72.6 cm³/mol. The highest BCUT2D eigenvalue weighted by molar-refractivity contribution is 5.78. The first-order valence-corrected chi connectivity index (χ1v) is 6.30. The number of carbonyl (C=O) groups excluding carboxylic acids is 1. The molecule has 0 aliphatic rings. The Labute approximate surface area is 113 Å². The van der Waals surface area contributed by atoms with E-state index in [2.05, 4.69) is 10.6 Å². The molecule has 19 heavy (non-hydrogen) atoms. The second-order valence-electron chi connectivity index (χ2n) is 4.71. The average Bonchev–Trinajstić information content (AvgIpc) is 2.35. The highest BCUT2D eigenvalue weighted by Crippen LogP contribution is 2.21. The Morgan fingerprint density at radius 2 is 2.05 bits per heavy atom. The predicted octanol–water partition coefficient (Wildman–Crippen LogP) is 2.01. The summed E-state index contributed by atoms with van der Waals surface area (Å²) in [6.07, 6.45) is 0. The number of rotatable bonds is 6. The summed E-state index contributed by atoms with van der Waals surface area (Å²) in [5.74, 6) is 0.0328. The van der Waals surface area contributed by atoms with Gasteiger partial charge in [0, 0.05) is 23.7 Å². The molecule has 4 nitrogen and oxygen atoms in total. The number of halogens is 1. The number of benzene rings is 1. The summed E-state index contributed by atoms with van der Waals surface area (Å²) < 4.78 is 18.7. The Balaban J connectivity index is 2.58. The molecule has 1 aromatic carbocycles. The molecule has 0 aromatic heterocycles. The molecule has 0 bridgehead atoms. The fourth-order valence-electron chi connectivity index (χ4n) is 1.71. The van der Waals surface area contributed by atoms with E-state index >= 15 is 0 Å². The lowest BCUT2D eigenvalue weighted by Crippen LogP contribution is -2.38. The van der Waals surface area contributed by atoms with Crippen LogP contribution in [0.4, 0.5) is 4.39 Å². The van der Waals surface area contributed by atoms with Crippen LogP contribution in [0.25, 0.3) is 0 Å². The van der Waals surface area contributed by atoms with E-state index in [1.807, 2.05) is 20.8 Å². The number of hydrogen-bond donors (Lipinski definition) is 2. The molecule has 1 amide bonds. The van der Waals surface area contributed by atoms with E-state index in [0.717, 1.165) is 0 Å². The maximum absolute atomic E-state index is 13.8. The van der Waals surface area contributed by atoms with Crippen molar-refractivity contribution in [3.8, 4) is 5.75 Å². The van der Waals surface area contributed by atoms with Crippen molar-refractivity contribution in [2.45, 2.75) is 32.9 Å². The molecule has 0 aliphatic heterocycles. The van der Waals surface area contributed by atoms with E-state index in [4.69, 9.17) is 4.74 Å². The number of hydrogen-bond acceptors (Lipinski definition) is 3. The fraction of sp³-hybridized carbons (Fsp3) is 0.500. The largest absolute Gasteiger partial charge is 0.497 e. The Morgan fingerprint density at radius 3 is 2.58 bits per heavy atom. The summed E-state index contributed by atoms with van der Waals surface area (Å²) in [6.45, 7) is 5.76. The van der Waals surface area contributed by atoms with Gasteiger partial charge in [-0.05, 0) is 26.8 Å². The van der Waals surface area contributed by atoms with Gasteiger partial charge in [-0.2, -0.15) is 0 Å². The first-order valence-electron chi connectivity index (χ1n) is 6.30. The molecule has 0 saturated heterocycles. The lowest BCUT2D eigenvalue weighted by atomic mass is 10.1. The molecule has 0 fully saturated rings. The van der Waals surface area contributed by atoms with E-state index in [9.17, 15) is 9.18 Å². The third-order valence-corrected chi connectivity index (χ3v) is 2.69. The smallest absolute Gasteiger partial charge is 0.234 e. The number of ether oxygens (including phenoxy) is 1. The van der Waals surface area contributed by atoms with Crippen LogP contribution in [0.1, 0.15) is 32.4 Å². The van der Waals surface area contributed by atoms with Gasteiger partial charge in [0.2, 0.25) is 5.91 Å². The number of methoxy groups -OCH3 is 1. The van der Waals surface area contributed by atoms with Gasteiger partial charge in [-0.3, -0.25) is 4.79 Å². The minimum Gasteiger partial charge on any atom is -0.497 e. The zero-order valence-corrected chi connectivity index (χ0v) is 11.8. The molecule has 1 atom stereocenters. The maximum atomic E-state index is 13.8. The molecule has 106 valence electrons. The summed E-state index contributed by atoms with van der Waals surface area (Å²) >= 11 is 0. The molecule has 1 aromatic rings. The van der Waals surface area contributed by atoms with E-state index < -0.39 is 0 Å². The highest BCUT2D eigenvalue weighted by Gasteiger charge is 2.13. The van der Waals surface area contributed by atoms with Crippen molar-refractivity contribution in [2.24, 2.45) is 0 Å². The van der Waals surface area contributed by atoms with Crippen LogP contribution < -0.4 is 15.4 Å². The Hall–Kier alpha value is -1.62. The molecule has 1 rings (SSSR count). The van der Waals surface area contributed by atoms with Crippen LogP contribution in [-0.2, 0) is 4.79 Å². The zero-order chi connectivity index (χ0) is 14.4. The van der Waals surface area contributed by atoms with Crippen molar-refractivity contribution in [1.82, 2.24) is 10.6 Å². The van der Waals surface area contributed by atoms with E-state index in [0.29, 0.717) is 11.3 Å². The molecular weight excluding hydrogens is 247 g/mol. The van der Waals surface area contributed by atoms with Crippen molar-refractivity contribution in [1.29, 1.82) is 0 Å². The SMILES string of the molecule is COc1ccc(C(C)NCC(=O)NC(C)C)c(F)c1. The van der Waals surface area contributed by atoms with Gasteiger partial charge in [-0.25, -0.2) is 4.39 Å². The second-order valence-corrected chi connectivity index (χ2v) is 4.71. The van der Waals surface area contributed by atoms with E-state index in [-0.39, 0.29) is 30.4 Å². The van der Waals surface area contributed by atoms with E-state index in [1.54, 1.807) is 12.1 Å². The maximum Gasteiger partial charge on any atom is 0.234 e. The Morgan fingerprint density at radius 1 is 1.37 bits per heavy atom. The molecule has 0 aliphatic carbocycles. The van der Waals surface area contributed by atoms with Gasteiger partial charge in [0.15, 0.2) is 0 Å². The molecule has 5 heteroatoms. The average molecular weight is 268 g/mol. The first-order chi connectivity index (χ1) is 8.93. The Kier molecular flexibility index (Phi) is 5.76. The van der Waals surface area contributed by atoms with Gasteiger partial charge in [0.05, 0.1) is 13.7 Å². The van der Waals surface area contributed by atoms with Crippen LogP contribution in [0.2, 0.25) is 0 Å². The summed E-state index contributed by atoms with van der Waals surface area (Å²) in [6, 6.07) is 4.55. The van der Waals surface area contributed by atoms with Crippen LogP contribution in [-0.4, -0.2) is 25.6 Å². The van der Waals surface area contributed by atoms with E-state index in [1.165, 1.54) is 13.2 Å². The fourth-order valence-corrected chi connectivity index (χ4v) is 1.71. The van der Waals surface area contributed by atoms with Gasteiger partial charge >= 0.3 is 0 Å². The van der Waals surface area contributed by atoms with Crippen molar-refractivity contribution in [3.05, 3.63) is 29.6 Å². The lowest BCUT2D eigenvalue weighted by molar-refractivity contribution is -0.120. The van der Waals surface area contributed by atoms with Gasteiger partial charge in [0.25, 0.3) is 0 Å². The van der Waals surface area contributed by atoms with Gasteiger partial charge in [-0.15, -0.1) is 0 Å². The second kappa shape index (κ2) is 7.09. The first kappa shape index (κ1) is 15.4. The standard InChI is InChI=1S/C14H21FN2O2/c1-9(2)17-14(18)8-16-10(3)12-6-5-11(19-4)7-13(12)15/h5-7,9-10,16H,8H2,1-4H3,(H,17,18). The summed E-state index contributed by atoms with van der Waals surface area (Å²) in [5, 5.41) is 5.76. The third kappa shape index (κ3) is 4.87. The highest BCUT2D eigenvalue weighted by atomic mass is 19.1. The Bertz CT molecular complexity index is 435. The number of amides is 1. The van der Waals surface area contributed by atoms with Crippen molar-refractivity contribution < 1.29 is 13.9 Å². The van der Waals surface area contributed by atoms with Gasteiger partial charge < -0.3 is 15.4 Å². The molecule has 2 N–H and O–H groups in total. The van der Waals surface area contributed by atoms with Crippen LogP contribution >= 0.6 is 0 Å². The van der Waals surface area contributed by atoms with Crippen molar-refractivity contribution in [3.63, 3.8) is 0 Å². The molecule has 1 unspecified atom stereocenters. The zero-order valence-electron chi connectivity index (χ0n) is 11.8. The molecule has 0 radical (unpaired) electrons. The third-order valence-electron chi connectivity index (χ3n) is 2.69. The quantitative estimate of drug-likeness (QED) is 0.829. The van der Waals surface area contributed by atoms with Crippen molar-refractivity contribution >= 4 is 5.91 Å². The van der Waals surface area contributed by atoms with Crippen LogP contribution in [0, 0.1) is 5.82 Å². The lowest BCUT2D eigenvalue weighted by Gasteiger charge is -2.16. The molecule has 0 spiro atoms. The van der Waals surface area contributed by atoms with Crippen LogP contribution in [0.3, 0.4) is 0 Å². The number of nitrogens with one attached hydrogen (secondary N) is 2. The monoisotopic (exact) mass is 268 g/mol. The minimum absolute atomic E-state index is 0.0994. The summed E-state index contributed by atoms with van der Waals surface area (Å²) in [4.78, 5) is 11.5. The normalized spacial score (nSPS) is 12.3. The van der Waals surface area contributed by atoms with Gasteiger partial charge in [0.1, 0.15) is 11.6 Å². The molecule has 0 heterocycles. The van der Waals surface area contributed by atoms with Crippen LogP contribution in [0.15, 0.2) is 18.2 Å². The van der Waals surface area contributed by atoms with Crippen LogP contribution in [0.5, 0.6) is 5.75 Å². The topological polar surface area (TPSA) is 50.4 Å². The van der Waals surface area contributed by atoms with Gasteiger partial charge in [-0.1, -0.05) is 6.07 Å².